The minimum absolute atomic E-state index is 0.00278. The lowest BCUT2D eigenvalue weighted by Gasteiger charge is -2.24. The van der Waals surface area contributed by atoms with Crippen molar-refractivity contribution in [2.75, 3.05) is 0 Å². The molecule has 17 heavy (non-hydrogen) atoms. The van der Waals surface area contributed by atoms with Crippen LogP contribution in [0.1, 0.15) is 13.8 Å². The summed E-state index contributed by atoms with van der Waals surface area (Å²) in [5, 5.41) is 7.76. The van der Waals surface area contributed by atoms with Crippen LogP contribution in [-0.2, 0) is 0 Å². The molecule has 0 heterocycles. The van der Waals surface area contributed by atoms with Crippen LogP contribution in [0.4, 0.5) is 13.2 Å². The number of halogens is 3. The summed E-state index contributed by atoms with van der Waals surface area (Å²) in [6.07, 6.45) is -2.84. The number of nitrogens with two attached hydrogens (primary N) is 1. The Bertz CT molecular complexity index is 441. The van der Waals surface area contributed by atoms with Crippen LogP contribution in [0.25, 0.3) is 0 Å². The summed E-state index contributed by atoms with van der Waals surface area (Å²) >= 11 is 0. The number of alkyl halides is 3. The summed E-state index contributed by atoms with van der Waals surface area (Å²) in [7, 11) is 0. The molecule has 2 fully saturated rings. The van der Waals surface area contributed by atoms with E-state index in [0.29, 0.717) is 0 Å². The van der Waals surface area contributed by atoms with E-state index >= 15 is 0 Å². The highest BCUT2D eigenvalue weighted by Gasteiger charge is 2.70. The third-order valence-electron chi connectivity index (χ3n) is 3.97. The first-order valence-corrected chi connectivity index (χ1v) is 5.46. The van der Waals surface area contributed by atoms with Gasteiger partial charge >= 0.3 is 0 Å². The Hall–Kier alpha value is -1.26. The van der Waals surface area contributed by atoms with E-state index in [-0.39, 0.29) is 23.0 Å². The highest BCUT2D eigenvalue weighted by Crippen LogP contribution is 2.66. The fourth-order valence-electron chi connectivity index (χ4n) is 3.00. The molecule has 4 atom stereocenters. The normalized spacial score (nSPS) is 42.7. The quantitative estimate of drug-likeness (QED) is 0.721. The van der Waals surface area contributed by atoms with Gasteiger partial charge in [-0.05, 0) is 24.3 Å². The zero-order chi connectivity index (χ0) is 13.1. The van der Waals surface area contributed by atoms with Gasteiger partial charge in [-0.1, -0.05) is 13.5 Å². The summed E-state index contributed by atoms with van der Waals surface area (Å²) in [5.41, 5.74) is 2.44. The van der Waals surface area contributed by atoms with Gasteiger partial charge in [0.2, 0.25) is 0 Å². The zero-order valence-electron chi connectivity index (χ0n) is 9.73. The molecule has 0 aromatic carbocycles. The second-order valence-electron chi connectivity index (χ2n) is 4.95. The fraction of sp³-hybridized carbons (Fsp3) is 0.583. The topological polar surface area (TPSA) is 49.9 Å². The van der Waals surface area contributed by atoms with Gasteiger partial charge in [-0.25, -0.2) is 13.2 Å². The number of hydrogen-bond donors (Lipinski definition) is 2. The molecular weight excluding hydrogens is 229 g/mol. The molecule has 2 aliphatic carbocycles. The average molecular weight is 244 g/mol. The van der Waals surface area contributed by atoms with Crippen molar-refractivity contribution >= 4 is 5.71 Å². The van der Waals surface area contributed by atoms with Gasteiger partial charge in [-0.3, -0.25) is 0 Å². The Morgan fingerprint density at radius 3 is 2.41 bits per heavy atom. The van der Waals surface area contributed by atoms with Gasteiger partial charge in [0.1, 0.15) is 0 Å². The largest absolute Gasteiger partial charge is 0.397 e. The van der Waals surface area contributed by atoms with Crippen molar-refractivity contribution in [2.45, 2.75) is 25.9 Å². The van der Waals surface area contributed by atoms with E-state index < -0.39 is 29.4 Å². The van der Waals surface area contributed by atoms with Crippen molar-refractivity contribution in [3.05, 3.63) is 23.4 Å². The molecule has 94 valence electrons. The molecule has 1 unspecified atom stereocenters. The van der Waals surface area contributed by atoms with Crippen LogP contribution in [-0.4, -0.2) is 17.8 Å². The highest BCUT2D eigenvalue weighted by atomic mass is 19.3. The Morgan fingerprint density at radius 2 is 2.06 bits per heavy atom. The summed E-state index contributed by atoms with van der Waals surface area (Å²) in [6.45, 7) is 6.82. The van der Waals surface area contributed by atoms with Crippen LogP contribution >= 0.6 is 0 Å². The van der Waals surface area contributed by atoms with Gasteiger partial charge in [0, 0.05) is 11.5 Å². The van der Waals surface area contributed by atoms with Gasteiger partial charge in [-0.15, -0.1) is 0 Å². The lowest BCUT2D eigenvalue weighted by atomic mass is 9.87. The number of fused-ring (bicyclic) bond motifs is 1. The SMILES string of the molecule is C=C(C)C1(F)C(=N)C(=C(N)C(F)F)[C@@H]2[C@H](C)[C@@H]21. The molecule has 3 N–H and O–H groups in total. The number of rotatable bonds is 2. The first-order chi connectivity index (χ1) is 7.74. The minimum Gasteiger partial charge on any atom is -0.397 e. The molecule has 2 saturated carbocycles. The first kappa shape index (κ1) is 12.2. The molecule has 2 rings (SSSR count). The van der Waals surface area contributed by atoms with E-state index in [4.69, 9.17) is 11.1 Å². The average Bonchev–Trinajstić information content (AvgIpc) is 2.80. The van der Waals surface area contributed by atoms with Crippen LogP contribution in [0, 0.1) is 23.2 Å². The van der Waals surface area contributed by atoms with E-state index in [1.54, 1.807) is 6.92 Å². The fourth-order valence-corrected chi connectivity index (χ4v) is 3.00. The van der Waals surface area contributed by atoms with E-state index in [1.807, 2.05) is 0 Å². The van der Waals surface area contributed by atoms with Gasteiger partial charge in [-0.2, -0.15) is 0 Å². The molecule has 0 aromatic heterocycles. The molecule has 0 aliphatic heterocycles. The summed E-state index contributed by atoms with van der Waals surface area (Å²) < 4.78 is 39.9. The van der Waals surface area contributed by atoms with Gasteiger partial charge in [0.25, 0.3) is 6.43 Å². The molecule has 0 aromatic rings. The van der Waals surface area contributed by atoms with Crippen LogP contribution < -0.4 is 5.73 Å². The lowest BCUT2D eigenvalue weighted by molar-refractivity contribution is 0.186. The van der Waals surface area contributed by atoms with Crippen LogP contribution in [0.2, 0.25) is 0 Å². The third-order valence-corrected chi connectivity index (χ3v) is 3.97. The van der Waals surface area contributed by atoms with Crippen molar-refractivity contribution in [3.8, 4) is 0 Å². The van der Waals surface area contributed by atoms with E-state index in [1.165, 1.54) is 6.92 Å². The Balaban J connectivity index is 2.52. The molecule has 0 saturated heterocycles. The lowest BCUT2D eigenvalue weighted by Crippen LogP contribution is -2.36. The minimum atomic E-state index is -2.84. The smallest absolute Gasteiger partial charge is 0.278 e. The molecule has 0 spiro atoms. The predicted molar refractivity (Wildman–Crippen MR) is 59.7 cm³/mol. The zero-order valence-corrected chi connectivity index (χ0v) is 9.73. The summed E-state index contributed by atoms with van der Waals surface area (Å²) in [5.74, 6) is -0.851. The maximum Gasteiger partial charge on any atom is 0.278 e. The molecule has 2 aliphatic rings. The number of hydrogen-bond acceptors (Lipinski definition) is 2. The van der Waals surface area contributed by atoms with Gasteiger partial charge in [0.15, 0.2) is 5.67 Å². The Kier molecular flexibility index (Phi) is 2.42. The highest BCUT2D eigenvalue weighted by molar-refractivity contribution is 6.11. The number of allylic oxidation sites excluding steroid dienone is 3. The van der Waals surface area contributed by atoms with Crippen molar-refractivity contribution in [1.82, 2.24) is 0 Å². The molecule has 5 heteroatoms. The van der Waals surface area contributed by atoms with Crippen molar-refractivity contribution in [1.29, 1.82) is 5.41 Å². The van der Waals surface area contributed by atoms with Crippen LogP contribution in [0.15, 0.2) is 23.4 Å². The monoisotopic (exact) mass is 244 g/mol. The summed E-state index contributed by atoms with van der Waals surface area (Å²) in [6, 6.07) is 0. The van der Waals surface area contributed by atoms with Crippen molar-refractivity contribution < 1.29 is 13.2 Å². The van der Waals surface area contributed by atoms with Crippen LogP contribution in [0.3, 0.4) is 0 Å². The van der Waals surface area contributed by atoms with Crippen molar-refractivity contribution in [3.63, 3.8) is 0 Å². The molecule has 0 bridgehead atoms. The summed E-state index contributed by atoms with van der Waals surface area (Å²) in [4.78, 5) is 0. The maximum atomic E-state index is 14.7. The van der Waals surface area contributed by atoms with E-state index in [9.17, 15) is 13.2 Å². The Labute approximate surface area is 97.9 Å². The van der Waals surface area contributed by atoms with E-state index in [2.05, 4.69) is 6.58 Å². The predicted octanol–water partition coefficient (Wildman–Crippen LogP) is 2.66. The molecule has 2 nitrogen and oxygen atoms in total. The van der Waals surface area contributed by atoms with Gasteiger partial charge < -0.3 is 11.1 Å². The number of nitrogens with one attached hydrogen (secondary N) is 1. The molecule has 0 radical (unpaired) electrons. The second-order valence-corrected chi connectivity index (χ2v) is 4.95. The second kappa shape index (κ2) is 3.37. The maximum absolute atomic E-state index is 14.7. The Morgan fingerprint density at radius 1 is 1.53 bits per heavy atom. The molecule has 0 amide bonds. The molecular formula is C12H15F3N2. The third kappa shape index (κ3) is 1.31. The first-order valence-electron chi connectivity index (χ1n) is 5.46. The standard InChI is InChI=1S/C12H15F3N2/c1-4(2)12(15)8-5(3)6(8)7(10(12)17)9(16)11(13)14/h5-6,8,11,17H,1,16H2,2-3H3/t5-,6-,8-,12?/m0/s1. The van der Waals surface area contributed by atoms with Gasteiger partial charge in [0.05, 0.1) is 11.4 Å². The van der Waals surface area contributed by atoms with Crippen molar-refractivity contribution in [2.24, 2.45) is 23.5 Å². The van der Waals surface area contributed by atoms with Crippen LogP contribution in [0.5, 0.6) is 0 Å². The van der Waals surface area contributed by atoms with E-state index in [0.717, 1.165) is 0 Å².